The summed E-state index contributed by atoms with van der Waals surface area (Å²) in [6.07, 6.45) is 0. The summed E-state index contributed by atoms with van der Waals surface area (Å²) in [5.41, 5.74) is 1.68. The maximum absolute atomic E-state index is 13.3. The normalized spacial score (nSPS) is 10.4. The number of hydrogen-bond donors (Lipinski definition) is 1. The molecule has 3 rings (SSSR count). The Morgan fingerprint density at radius 2 is 1.92 bits per heavy atom. The summed E-state index contributed by atoms with van der Waals surface area (Å²) in [4.78, 5) is 16.7. The third-order valence-corrected chi connectivity index (χ3v) is 4.25. The van der Waals surface area contributed by atoms with E-state index in [1.807, 2.05) is 0 Å². The Labute approximate surface area is 148 Å². The lowest BCUT2D eigenvalue weighted by atomic mass is 10.2. The van der Waals surface area contributed by atoms with Crippen molar-refractivity contribution in [2.24, 2.45) is 0 Å². The van der Waals surface area contributed by atoms with Crippen molar-refractivity contribution in [3.8, 4) is 22.8 Å². The third kappa shape index (κ3) is 3.77. The standard InChI is InChI=1S/C18H15FN2O3S/c1-23-15-7-6-12(9-16(15)24-2)17(22)21-18-20-14(10-25-18)11-4-3-5-13(19)8-11/h3-10H,1-2H3,(H,20,21,22). The van der Waals surface area contributed by atoms with Crippen molar-refractivity contribution < 1.29 is 18.7 Å². The first-order valence-electron chi connectivity index (χ1n) is 7.35. The number of anilines is 1. The zero-order valence-corrected chi connectivity index (χ0v) is 14.4. The van der Waals surface area contributed by atoms with E-state index < -0.39 is 0 Å². The molecular formula is C18H15FN2O3S. The Balaban J connectivity index is 1.78. The molecule has 25 heavy (non-hydrogen) atoms. The molecule has 0 aliphatic heterocycles. The Kier molecular flexibility index (Phi) is 4.95. The van der Waals surface area contributed by atoms with Crippen LogP contribution < -0.4 is 14.8 Å². The van der Waals surface area contributed by atoms with Crippen molar-refractivity contribution in [3.63, 3.8) is 0 Å². The molecule has 0 radical (unpaired) electrons. The number of carbonyl (C=O) groups excluding carboxylic acids is 1. The van der Waals surface area contributed by atoms with Gasteiger partial charge in [0.2, 0.25) is 0 Å². The predicted molar refractivity (Wildman–Crippen MR) is 95.0 cm³/mol. The molecule has 1 N–H and O–H groups in total. The minimum Gasteiger partial charge on any atom is -0.493 e. The van der Waals surface area contributed by atoms with E-state index in [4.69, 9.17) is 9.47 Å². The van der Waals surface area contributed by atoms with Crippen LogP contribution >= 0.6 is 11.3 Å². The van der Waals surface area contributed by atoms with E-state index in [1.54, 1.807) is 35.7 Å². The van der Waals surface area contributed by atoms with Crippen molar-refractivity contribution in [1.29, 1.82) is 0 Å². The van der Waals surface area contributed by atoms with Crippen LogP contribution in [0.4, 0.5) is 9.52 Å². The van der Waals surface area contributed by atoms with Gasteiger partial charge < -0.3 is 9.47 Å². The number of aromatic nitrogens is 1. The second-order valence-electron chi connectivity index (χ2n) is 5.07. The average Bonchev–Trinajstić information content (AvgIpc) is 3.09. The first-order valence-corrected chi connectivity index (χ1v) is 8.23. The lowest BCUT2D eigenvalue weighted by Gasteiger charge is -2.09. The Hall–Kier alpha value is -2.93. The summed E-state index contributed by atoms with van der Waals surface area (Å²) in [6, 6.07) is 11.0. The van der Waals surface area contributed by atoms with Crippen LogP contribution in [0.5, 0.6) is 11.5 Å². The molecule has 0 spiro atoms. The highest BCUT2D eigenvalue weighted by atomic mass is 32.1. The van der Waals surface area contributed by atoms with Crippen LogP contribution in [0.1, 0.15) is 10.4 Å². The van der Waals surface area contributed by atoms with Crippen molar-refractivity contribution in [3.05, 3.63) is 59.2 Å². The van der Waals surface area contributed by atoms with Gasteiger partial charge in [0.1, 0.15) is 5.82 Å². The molecule has 3 aromatic rings. The number of amides is 1. The van der Waals surface area contributed by atoms with Gasteiger partial charge in [0.25, 0.3) is 5.91 Å². The zero-order chi connectivity index (χ0) is 17.8. The highest BCUT2D eigenvalue weighted by Gasteiger charge is 2.13. The van der Waals surface area contributed by atoms with Crippen LogP contribution in [0.3, 0.4) is 0 Å². The second-order valence-corrected chi connectivity index (χ2v) is 5.93. The number of halogens is 1. The molecule has 128 valence electrons. The van der Waals surface area contributed by atoms with Gasteiger partial charge in [-0.05, 0) is 30.3 Å². The number of thiazole rings is 1. The molecule has 0 aliphatic rings. The smallest absolute Gasteiger partial charge is 0.257 e. The van der Waals surface area contributed by atoms with Crippen molar-refractivity contribution in [2.75, 3.05) is 19.5 Å². The van der Waals surface area contributed by atoms with Crippen LogP contribution in [0.2, 0.25) is 0 Å². The van der Waals surface area contributed by atoms with E-state index in [0.717, 1.165) is 0 Å². The summed E-state index contributed by atoms with van der Waals surface area (Å²) in [5, 5.41) is 4.92. The molecule has 0 unspecified atom stereocenters. The number of benzene rings is 2. The number of ether oxygens (including phenoxy) is 2. The largest absolute Gasteiger partial charge is 0.493 e. The van der Waals surface area contributed by atoms with Crippen molar-refractivity contribution >= 4 is 22.4 Å². The molecule has 0 bridgehead atoms. The molecule has 0 atom stereocenters. The Morgan fingerprint density at radius 3 is 2.64 bits per heavy atom. The monoisotopic (exact) mass is 358 g/mol. The minimum atomic E-state index is -0.332. The van der Waals surface area contributed by atoms with Crippen LogP contribution in [-0.2, 0) is 0 Å². The molecule has 1 amide bonds. The molecular weight excluding hydrogens is 343 g/mol. The van der Waals surface area contributed by atoms with E-state index in [2.05, 4.69) is 10.3 Å². The molecule has 0 saturated heterocycles. The van der Waals surface area contributed by atoms with Gasteiger partial charge in [-0.25, -0.2) is 9.37 Å². The summed E-state index contributed by atoms with van der Waals surface area (Å²) < 4.78 is 23.7. The van der Waals surface area contributed by atoms with Crippen LogP contribution in [0, 0.1) is 5.82 Å². The topological polar surface area (TPSA) is 60.5 Å². The van der Waals surface area contributed by atoms with Crippen LogP contribution in [-0.4, -0.2) is 25.1 Å². The highest BCUT2D eigenvalue weighted by molar-refractivity contribution is 7.14. The maximum atomic E-state index is 13.3. The molecule has 0 saturated carbocycles. The fraction of sp³-hybridized carbons (Fsp3) is 0.111. The lowest BCUT2D eigenvalue weighted by Crippen LogP contribution is -2.12. The molecule has 2 aromatic carbocycles. The quantitative estimate of drug-likeness (QED) is 0.742. The molecule has 1 heterocycles. The van der Waals surface area contributed by atoms with E-state index in [9.17, 15) is 9.18 Å². The van der Waals surface area contributed by atoms with Gasteiger partial charge in [0, 0.05) is 16.5 Å². The highest BCUT2D eigenvalue weighted by Crippen LogP contribution is 2.29. The maximum Gasteiger partial charge on any atom is 0.257 e. The van der Waals surface area contributed by atoms with Crippen molar-refractivity contribution in [1.82, 2.24) is 4.98 Å². The minimum absolute atomic E-state index is 0.318. The number of carbonyl (C=O) groups is 1. The van der Waals surface area contributed by atoms with Gasteiger partial charge in [0.05, 0.1) is 19.9 Å². The van der Waals surface area contributed by atoms with Crippen LogP contribution in [0.15, 0.2) is 47.8 Å². The Bertz CT molecular complexity index is 911. The number of rotatable bonds is 5. The molecule has 0 aliphatic carbocycles. The van der Waals surface area contributed by atoms with Crippen molar-refractivity contribution in [2.45, 2.75) is 0 Å². The SMILES string of the molecule is COc1ccc(C(=O)Nc2nc(-c3cccc(F)c3)cs2)cc1OC. The van der Waals surface area contributed by atoms with E-state index in [1.165, 1.54) is 37.7 Å². The van der Waals surface area contributed by atoms with Crippen LogP contribution in [0.25, 0.3) is 11.3 Å². The lowest BCUT2D eigenvalue weighted by molar-refractivity contribution is 0.102. The second kappa shape index (κ2) is 7.31. The molecule has 7 heteroatoms. The molecule has 1 aromatic heterocycles. The summed E-state index contributed by atoms with van der Waals surface area (Å²) in [5.74, 6) is 0.360. The first kappa shape index (κ1) is 16.9. The third-order valence-electron chi connectivity index (χ3n) is 3.49. The van der Waals surface area contributed by atoms with Gasteiger partial charge in [-0.15, -0.1) is 11.3 Å². The number of hydrogen-bond acceptors (Lipinski definition) is 5. The molecule has 5 nitrogen and oxygen atoms in total. The summed E-state index contributed by atoms with van der Waals surface area (Å²) in [7, 11) is 3.03. The van der Waals surface area contributed by atoms with Gasteiger partial charge >= 0.3 is 0 Å². The van der Waals surface area contributed by atoms with Gasteiger partial charge in [-0.3, -0.25) is 10.1 Å². The first-order chi connectivity index (χ1) is 12.1. The fourth-order valence-electron chi connectivity index (χ4n) is 2.26. The summed E-state index contributed by atoms with van der Waals surface area (Å²) >= 11 is 1.27. The van der Waals surface area contributed by atoms with Gasteiger partial charge in [0.15, 0.2) is 16.6 Å². The van der Waals surface area contributed by atoms with E-state index >= 15 is 0 Å². The number of nitrogens with one attached hydrogen (secondary N) is 1. The summed E-state index contributed by atoms with van der Waals surface area (Å²) in [6.45, 7) is 0. The van der Waals surface area contributed by atoms with E-state index in [-0.39, 0.29) is 11.7 Å². The molecule has 0 fully saturated rings. The van der Waals surface area contributed by atoms with E-state index in [0.29, 0.717) is 33.5 Å². The number of nitrogens with zero attached hydrogens (tertiary/aromatic N) is 1. The number of methoxy groups -OCH3 is 2. The van der Waals surface area contributed by atoms with Gasteiger partial charge in [-0.1, -0.05) is 12.1 Å². The Morgan fingerprint density at radius 1 is 1.12 bits per heavy atom. The average molecular weight is 358 g/mol. The zero-order valence-electron chi connectivity index (χ0n) is 13.6. The van der Waals surface area contributed by atoms with Gasteiger partial charge in [-0.2, -0.15) is 0 Å². The fourth-order valence-corrected chi connectivity index (χ4v) is 2.97. The predicted octanol–water partition coefficient (Wildman–Crippen LogP) is 4.22.